The average Bonchev–Trinajstić information content (AvgIpc) is 2.97. The van der Waals surface area contributed by atoms with Crippen molar-refractivity contribution in [2.75, 3.05) is 11.9 Å². The number of nitrogens with zero attached hydrogens (tertiary/aromatic N) is 2. The molecule has 0 aliphatic heterocycles. The molecule has 1 amide bonds. The lowest BCUT2D eigenvalue weighted by molar-refractivity contribution is -0.116. The topological polar surface area (TPSA) is 90.3 Å². The Bertz CT molecular complexity index is 1080. The molecule has 140 valence electrons. The molecule has 0 saturated heterocycles. The molecule has 1 aromatic carbocycles. The van der Waals surface area contributed by atoms with Crippen molar-refractivity contribution >= 4 is 39.1 Å². The fourth-order valence-electron chi connectivity index (χ4n) is 2.72. The quantitative estimate of drug-likeness (QED) is 0.682. The standard InChI is InChI=1S/C19H19N3O4S/c1-4-26-19(25)16-12(3)15-17(27-16)20-10-22(18(15)24)9-14(23)21-13-8-6-5-7-11(13)2/h5-8,10H,4,9H2,1-3H3,(H,21,23). The van der Waals surface area contributed by atoms with Crippen molar-refractivity contribution in [1.82, 2.24) is 9.55 Å². The molecule has 0 atom stereocenters. The summed E-state index contributed by atoms with van der Waals surface area (Å²) in [4.78, 5) is 42.2. The third-order valence-corrected chi connectivity index (χ3v) is 5.29. The predicted molar refractivity (Wildman–Crippen MR) is 104 cm³/mol. The Hall–Kier alpha value is -3.00. The number of amides is 1. The Labute approximate surface area is 159 Å². The van der Waals surface area contributed by atoms with Crippen LogP contribution in [0.2, 0.25) is 0 Å². The van der Waals surface area contributed by atoms with E-state index in [2.05, 4.69) is 10.3 Å². The van der Waals surface area contributed by atoms with Gasteiger partial charge in [0, 0.05) is 5.69 Å². The van der Waals surface area contributed by atoms with Gasteiger partial charge < -0.3 is 10.1 Å². The zero-order valence-electron chi connectivity index (χ0n) is 15.2. The Morgan fingerprint density at radius 1 is 1.26 bits per heavy atom. The molecule has 3 rings (SSSR count). The van der Waals surface area contributed by atoms with Crippen molar-refractivity contribution in [1.29, 1.82) is 0 Å². The van der Waals surface area contributed by atoms with Crippen LogP contribution >= 0.6 is 11.3 Å². The molecule has 2 aromatic heterocycles. The highest BCUT2D eigenvalue weighted by atomic mass is 32.1. The van der Waals surface area contributed by atoms with E-state index in [1.54, 1.807) is 19.9 Å². The van der Waals surface area contributed by atoms with Gasteiger partial charge in [-0.1, -0.05) is 18.2 Å². The molecule has 7 nitrogen and oxygen atoms in total. The lowest BCUT2D eigenvalue weighted by Gasteiger charge is -2.09. The van der Waals surface area contributed by atoms with Crippen LogP contribution in [0.1, 0.15) is 27.7 Å². The summed E-state index contributed by atoms with van der Waals surface area (Å²) in [7, 11) is 0. The van der Waals surface area contributed by atoms with Crippen molar-refractivity contribution < 1.29 is 14.3 Å². The summed E-state index contributed by atoms with van der Waals surface area (Å²) in [6.45, 7) is 5.38. The lowest BCUT2D eigenvalue weighted by Crippen LogP contribution is -2.28. The second kappa shape index (κ2) is 7.71. The van der Waals surface area contributed by atoms with Gasteiger partial charge in [-0.15, -0.1) is 11.3 Å². The molecule has 8 heteroatoms. The monoisotopic (exact) mass is 385 g/mol. The van der Waals surface area contributed by atoms with Crippen molar-refractivity contribution in [3.63, 3.8) is 0 Å². The molecule has 0 saturated carbocycles. The summed E-state index contributed by atoms with van der Waals surface area (Å²) in [5.41, 5.74) is 1.80. The molecule has 0 radical (unpaired) electrons. The van der Waals surface area contributed by atoms with Gasteiger partial charge in [-0.25, -0.2) is 9.78 Å². The summed E-state index contributed by atoms with van der Waals surface area (Å²) in [5.74, 6) is -0.799. The molecule has 1 N–H and O–H groups in total. The Balaban J connectivity index is 1.90. The van der Waals surface area contributed by atoms with Gasteiger partial charge in [0.1, 0.15) is 16.3 Å². The number of ether oxygens (including phenoxy) is 1. The van der Waals surface area contributed by atoms with E-state index in [-0.39, 0.29) is 24.6 Å². The summed E-state index contributed by atoms with van der Waals surface area (Å²) < 4.78 is 6.26. The maximum absolute atomic E-state index is 12.8. The van der Waals surface area contributed by atoms with Crippen LogP contribution in [0, 0.1) is 13.8 Å². The summed E-state index contributed by atoms with van der Waals surface area (Å²) in [5, 5.41) is 3.13. The van der Waals surface area contributed by atoms with Crippen molar-refractivity contribution in [3.8, 4) is 0 Å². The number of nitrogens with one attached hydrogen (secondary N) is 1. The van der Waals surface area contributed by atoms with E-state index >= 15 is 0 Å². The largest absolute Gasteiger partial charge is 0.462 e. The normalized spacial score (nSPS) is 10.8. The number of aryl methyl sites for hydroxylation is 2. The van der Waals surface area contributed by atoms with Crippen LogP contribution in [0.3, 0.4) is 0 Å². The SMILES string of the molecule is CCOC(=O)c1sc2ncn(CC(=O)Nc3ccccc3C)c(=O)c2c1C. The molecule has 0 fully saturated rings. The van der Waals surface area contributed by atoms with Crippen molar-refractivity contribution in [3.05, 3.63) is 57.0 Å². The van der Waals surface area contributed by atoms with E-state index in [0.717, 1.165) is 16.9 Å². The van der Waals surface area contributed by atoms with Gasteiger partial charge in [-0.3, -0.25) is 14.2 Å². The molecule has 0 bridgehead atoms. The van der Waals surface area contributed by atoms with Crippen LogP contribution < -0.4 is 10.9 Å². The number of fused-ring (bicyclic) bond motifs is 1. The highest BCUT2D eigenvalue weighted by Crippen LogP contribution is 2.27. The molecule has 2 heterocycles. The van der Waals surface area contributed by atoms with E-state index in [4.69, 9.17) is 4.74 Å². The number of thiophene rings is 1. The van der Waals surface area contributed by atoms with Crippen LogP contribution in [0.4, 0.5) is 5.69 Å². The maximum atomic E-state index is 12.8. The van der Waals surface area contributed by atoms with Crippen LogP contribution in [-0.4, -0.2) is 28.0 Å². The summed E-state index contributed by atoms with van der Waals surface area (Å²) in [6.07, 6.45) is 1.33. The van der Waals surface area contributed by atoms with Crippen molar-refractivity contribution in [2.45, 2.75) is 27.3 Å². The van der Waals surface area contributed by atoms with Crippen LogP contribution in [0.5, 0.6) is 0 Å². The van der Waals surface area contributed by atoms with Crippen molar-refractivity contribution in [2.24, 2.45) is 0 Å². The number of benzene rings is 1. The minimum absolute atomic E-state index is 0.167. The number of anilines is 1. The number of carbonyl (C=O) groups excluding carboxylic acids is 2. The molecular formula is C19H19N3O4S. The molecule has 0 spiro atoms. The predicted octanol–water partition coefficient (Wildman–Crippen LogP) is 2.89. The van der Waals surface area contributed by atoms with E-state index in [1.165, 1.54) is 10.9 Å². The second-order valence-corrected chi connectivity index (χ2v) is 7.00. The van der Waals surface area contributed by atoms with Gasteiger partial charge in [-0.2, -0.15) is 0 Å². The number of hydrogen-bond donors (Lipinski definition) is 1. The zero-order valence-corrected chi connectivity index (χ0v) is 16.1. The smallest absolute Gasteiger partial charge is 0.348 e. The van der Waals surface area contributed by atoms with Crippen LogP contribution in [0.15, 0.2) is 35.4 Å². The third kappa shape index (κ3) is 3.75. The van der Waals surface area contributed by atoms with E-state index in [9.17, 15) is 14.4 Å². The van der Waals surface area contributed by atoms with Gasteiger partial charge in [0.15, 0.2) is 0 Å². The minimum Gasteiger partial charge on any atom is -0.462 e. The number of carbonyl (C=O) groups is 2. The zero-order chi connectivity index (χ0) is 19.6. The number of rotatable bonds is 5. The van der Waals surface area contributed by atoms with E-state index in [0.29, 0.717) is 26.3 Å². The molecule has 0 aliphatic carbocycles. The molecule has 3 aromatic rings. The van der Waals surface area contributed by atoms with Gasteiger partial charge in [0.2, 0.25) is 5.91 Å². The summed E-state index contributed by atoms with van der Waals surface area (Å²) >= 11 is 1.12. The third-order valence-electron chi connectivity index (χ3n) is 4.11. The Kier molecular flexibility index (Phi) is 5.36. The van der Waals surface area contributed by atoms with Gasteiger partial charge in [-0.05, 0) is 38.0 Å². The second-order valence-electron chi connectivity index (χ2n) is 6.00. The first-order valence-corrected chi connectivity index (χ1v) is 9.25. The molecular weight excluding hydrogens is 366 g/mol. The van der Waals surface area contributed by atoms with Gasteiger partial charge >= 0.3 is 5.97 Å². The van der Waals surface area contributed by atoms with Crippen LogP contribution in [0.25, 0.3) is 10.2 Å². The van der Waals surface area contributed by atoms with Gasteiger partial charge in [0.05, 0.1) is 18.3 Å². The number of aromatic nitrogens is 2. The first-order chi connectivity index (χ1) is 12.9. The van der Waals surface area contributed by atoms with E-state index < -0.39 is 5.97 Å². The highest BCUT2D eigenvalue weighted by molar-refractivity contribution is 7.20. The highest BCUT2D eigenvalue weighted by Gasteiger charge is 2.20. The molecule has 0 unspecified atom stereocenters. The Morgan fingerprint density at radius 3 is 2.70 bits per heavy atom. The maximum Gasteiger partial charge on any atom is 0.348 e. The van der Waals surface area contributed by atoms with E-state index in [1.807, 2.05) is 25.1 Å². The fourth-order valence-corrected chi connectivity index (χ4v) is 3.75. The van der Waals surface area contributed by atoms with Crippen LogP contribution in [-0.2, 0) is 16.1 Å². The number of para-hydroxylation sites is 1. The molecule has 0 aliphatic rings. The van der Waals surface area contributed by atoms with Gasteiger partial charge in [0.25, 0.3) is 5.56 Å². The average molecular weight is 385 g/mol. The minimum atomic E-state index is -0.471. The summed E-state index contributed by atoms with van der Waals surface area (Å²) in [6, 6.07) is 7.40. The number of hydrogen-bond acceptors (Lipinski definition) is 6. The Morgan fingerprint density at radius 2 is 2.00 bits per heavy atom. The fraction of sp³-hybridized carbons (Fsp3) is 0.263. The molecule has 27 heavy (non-hydrogen) atoms. The first kappa shape index (κ1) is 18.8. The first-order valence-electron chi connectivity index (χ1n) is 8.43. The lowest BCUT2D eigenvalue weighted by atomic mass is 10.2. The number of esters is 1.